The summed E-state index contributed by atoms with van der Waals surface area (Å²) in [6.45, 7) is 0.741. The van der Waals surface area contributed by atoms with Crippen molar-refractivity contribution in [1.29, 1.82) is 0 Å². The zero-order valence-electron chi connectivity index (χ0n) is 13.5. The molecule has 2 aromatic carbocycles. The van der Waals surface area contributed by atoms with E-state index in [9.17, 15) is 8.78 Å². The lowest BCUT2D eigenvalue weighted by molar-refractivity contribution is 0.174. The molecule has 8 heteroatoms. The minimum atomic E-state index is -0.696. The third kappa shape index (κ3) is 3.49. The number of nitrogens with one attached hydrogen (secondary N) is 2. The summed E-state index contributed by atoms with van der Waals surface area (Å²) in [4.78, 5) is 8.17. The van der Waals surface area contributed by atoms with E-state index in [1.165, 1.54) is 18.5 Å². The van der Waals surface area contributed by atoms with E-state index < -0.39 is 11.6 Å². The minimum Gasteiger partial charge on any atom is -0.454 e. The summed E-state index contributed by atoms with van der Waals surface area (Å²) < 4.78 is 37.3. The molecule has 0 unspecified atom stereocenters. The Morgan fingerprint density at radius 3 is 2.65 bits per heavy atom. The van der Waals surface area contributed by atoms with Gasteiger partial charge in [-0.2, -0.15) is 0 Å². The Morgan fingerprint density at radius 2 is 1.77 bits per heavy atom. The van der Waals surface area contributed by atoms with Crippen LogP contribution in [0.5, 0.6) is 11.5 Å². The normalized spacial score (nSPS) is 12.1. The van der Waals surface area contributed by atoms with E-state index in [4.69, 9.17) is 9.47 Å². The van der Waals surface area contributed by atoms with Gasteiger partial charge in [-0.1, -0.05) is 6.07 Å². The third-order valence-corrected chi connectivity index (χ3v) is 3.77. The van der Waals surface area contributed by atoms with E-state index in [0.717, 1.165) is 17.4 Å². The number of fused-ring (bicyclic) bond motifs is 1. The standard InChI is InChI=1S/C18H14F2N4O2/c19-12-2-3-14(13(20)6-12)24-18-7-17(22-9-23-18)21-8-11-1-4-15-16(5-11)26-10-25-15/h1-7,9H,8,10H2,(H2,21,22,23,24). The van der Waals surface area contributed by atoms with Crippen LogP contribution in [0.25, 0.3) is 0 Å². The number of hydrogen-bond acceptors (Lipinski definition) is 6. The van der Waals surface area contributed by atoms with Gasteiger partial charge in [0, 0.05) is 18.7 Å². The average Bonchev–Trinajstić information content (AvgIpc) is 3.10. The predicted octanol–water partition coefficient (Wildman–Crippen LogP) is 3.84. The van der Waals surface area contributed by atoms with Crippen molar-refractivity contribution in [2.75, 3.05) is 17.4 Å². The molecule has 0 radical (unpaired) electrons. The first-order chi connectivity index (χ1) is 12.7. The number of aromatic nitrogens is 2. The Balaban J connectivity index is 1.44. The van der Waals surface area contributed by atoms with Crippen LogP contribution in [0.15, 0.2) is 48.8 Å². The Hall–Kier alpha value is -3.42. The zero-order valence-corrected chi connectivity index (χ0v) is 13.5. The molecule has 1 aromatic heterocycles. The van der Waals surface area contributed by atoms with Crippen LogP contribution in [0.4, 0.5) is 26.1 Å². The molecule has 0 fully saturated rings. The predicted molar refractivity (Wildman–Crippen MR) is 91.6 cm³/mol. The monoisotopic (exact) mass is 356 g/mol. The summed E-state index contributed by atoms with van der Waals surface area (Å²) in [6.07, 6.45) is 1.35. The van der Waals surface area contributed by atoms with Gasteiger partial charge < -0.3 is 20.1 Å². The fourth-order valence-corrected chi connectivity index (χ4v) is 2.49. The molecule has 26 heavy (non-hydrogen) atoms. The van der Waals surface area contributed by atoms with Crippen molar-refractivity contribution in [2.45, 2.75) is 6.54 Å². The van der Waals surface area contributed by atoms with Gasteiger partial charge in [0.25, 0.3) is 0 Å². The Kier molecular flexibility index (Phi) is 4.22. The molecule has 0 amide bonds. The van der Waals surface area contributed by atoms with Crippen molar-refractivity contribution in [1.82, 2.24) is 9.97 Å². The number of nitrogens with zero attached hydrogens (tertiary/aromatic N) is 2. The van der Waals surface area contributed by atoms with Crippen molar-refractivity contribution in [3.05, 3.63) is 66.0 Å². The smallest absolute Gasteiger partial charge is 0.231 e. The number of rotatable bonds is 5. The second-order valence-electron chi connectivity index (χ2n) is 5.58. The fourth-order valence-electron chi connectivity index (χ4n) is 2.49. The van der Waals surface area contributed by atoms with Gasteiger partial charge >= 0.3 is 0 Å². The second kappa shape index (κ2) is 6.83. The van der Waals surface area contributed by atoms with Crippen LogP contribution in [-0.2, 0) is 6.54 Å². The summed E-state index contributed by atoms with van der Waals surface area (Å²) in [5.41, 5.74) is 1.12. The van der Waals surface area contributed by atoms with Gasteiger partial charge in [0.2, 0.25) is 6.79 Å². The van der Waals surface area contributed by atoms with Crippen LogP contribution in [0.3, 0.4) is 0 Å². The van der Waals surface area contributed by atoms with E-state index in [0.29, 0.717) is 23.9 Å². The molecule has 4 rings (SSSR count). The lowest BCUT2D eigenvalue weighted by Gasteiger charge is -2.10. The molecule has 132 valence electrons. The summed E-state index contributed by atoms with van der Waals surface area (Å²) in [7, 11) is 0. The molecule has 0 aliphatic carbocycles. The Bertz CT molecular complexity index is 952. The highest BCUT2D eigenvalue weighted by atomic mass is 19.1. The molecule has 0 saturated carbocycles. The molecular formula is C18H14F2N4O2. The maximum Gasteiger partial charge on any atom is 0.231 e. The quantitative estimate of drug-likeness (QED) is 0.724. The molecule has 1 aliphatic heterocycles. The lowest BCUT2D eigenvalue weighted by atomic mass is 10.2. The molecular weight excluding hydrogens is 342 g/mol. The van der Waals surface area contributed by atoms with Gasteiger partial charge in [0.1, 0.15) is 29.6 Å². The SMILES string of the molecule is Fc1ccc(Nc2cc(NCc3ccc4c(c3)OCO4)ncn2)c(F)c1. The number of benzene rings is 2. The van der Waals surface area contributed by atoms with Gasteiger partial charge in [-0.15, -0.1) is 0 Å². The highest BCUT2D eigenvalue weighted by molar-refractivity contribution is 5.59. The highest BCUT2D eigenvalue weighted by Gasteiger charge is 2.13. The number of anilines is 3. The van der Waals surface area contributed by atoms with Crippen LogP contribution in [-0.4, -0.2) is 16.8 Å². The highest BCUT2D eigenvalue weighted by Crippen LogP contribution is 2.32. The first kappa shape index (κ1) is 16.1. The summed E-state index contributed by atoms with van der Waals surface area (Å²) in [5.74, 6) is 1.05. The van der Waals surface area contributed by atoms with Gasteiger partial charge in [-0.3, -0.25) is 0 Å². The van der Waals surface area contributed by atoms with E-state index in [2.05, 4.69) is 20.6 Å². The molecule has 0 atom stereocenters. The fraction of sp³-hybridized carbons (Fsp3) is 0.111. The van der Waals surface area contributed by atoms with Crippen LogP contribution in [0.2, 0.25) is 0 Å². The van der Waals surface area contributed by atoms with Crippen LogP contribution < -0.4 is 20.1 Å². The van der Waals surface area contributed by atoms with Gasteiger partial charge in [-0.05, 0) is 29.8 Å². The number of halogens is 2. The van der Waals surface area contributed by atoms with E-state index in [1.807, 2.05) is 18.2 Å². The number of hydrogen-bond donors (Lipinski definition) is 2. The topological polar surface area (TPSA) is 68.3 Å². The van der Waals surface area contributed by atoms with Gasteiger partial charge in [0.05, 0.1) is 5.69 Å². The molecule has 0 bridgehead atoms. The largest absolute Gasteiger partial charge is 0.454 e. The second-order valence-corrected chi connectivity index (χ2v) is 5.58. The van der Waals surface area contributed by atoms with Crippen molar-refractivity contribution in [2.24, 2.45) is 0 Å². The molecule has 0 saturated heterocycles. The van der Waals surface area contributed by atoms with Gasteiger partial charge in [-0.25, -0.2) is 18.7 Å². The lowest BCUT2D eigenvalue weighted by Crippen LogP contribution is -2.03. The van der Waals surface area contributed by atoms with E-state index >= 15 is 0 Å². The average molecular weight is 356 g/mol. The molecule has 1 aliphatic rings. The maximum absolute atomic E-state index is 13.7. The Morgan fingerprint density at radius 1 is 0.923 bits per heavy atom. The molecule has 3 aromatic rings. The maximum atomic E-state index is 13.7. The van der Waals surface area contributed by atoms with Crippen molar-refractivity contribution in [3.8, 4) is 11.5 Å². The minimum absolute atomic E-state index is 0.131. The van der Waals surface area contributed by atoms with Crippen LogP contribution >= 0.6 is 0 Å². The first-order valence-corrected chi connectivity index (χ1v) is 7.84. The van der Waals surface area contributed by atoms with Crippen molar-refractivity contribution in [3.63, 3.8) is 0 Å². The van der Waals surface area contributed by atoms with E-state index in [1.54, 1.807) is 6.07 Å². The molecule has 2 heterocycles. The number of ether oxygens (including phenoxy) is 2. The zero-order chi connectivity index (χ0) is 17.9. The summed E-state index contributed by atoms with van der Waals surface area (Å²) >= 11 is 0. The van der Waals surface area contributed by atoms with Crippen molar-refractivity contribution < 1.29 is 18.3 Å². The Labute approximate surface area is 147 Å². The summed E-state index contributed by atoms with van der Waals surface area (Å²) in [6, 6.07) is 10.6. The molecule has 2 N–H and O–H groups in total. The van der Waals surface area contributed by atoms with Crippen molar-refractivity contribution >= 4 is 17.3 Å². The van der Waals surface area contributed by atoms with Gasteiger partial charge in [0.15, 0.2) is 11.5 Å². The first-order valence-electron chi connectivity index (χ1n) is 7.84. The van der Waals surface area contributed by atoms with Crippen LogP contribution in [0, 0.1) is 11.6 Å². The van der Waals surface area contributed by atoms with E-state index in [-0.39, 0.29) is 12.5 Å². The molecule has 0 spiro atoms. The summed E-state index contributed by atoms with van der Waals surface area (Å²) in [5, 5.41) is 5.96. The van der Waals surface area contributed by atoms with Crippen LogP contribution in [0.1, 0.15) is 5.56 Å². The molecule has 6 nitrogen and oxygen atoms in total. The third-order valence-electron chi connectivity index (χ3n) is 3.77.